The molecule has 1 N–H and O–H groups in total. The largest absolute Gasteiger partial charge is 0.360 e. The molecule has 0 saturated carbocycles. The van der Waals surface area contributed by atoms with Crippen LogP contribution in [0.4, 0.5) is 5.82 Å². The van der Waals surface area contributed by atoms with Crippen LogP contribution in [-0.4, -0.2) is 16.3 Å². The van der Waals surface area contributed by atoms with Crippen LogP contribution in [0.2, 0.25) is 0 Å². The van der Waals surface area contributed by atoms with Crippen molar-refractivity contribution in [1.29, 1.82) is 5.26 Å². The van der Waals surface area contributed by atoms with E-state index in [9.17, 15) is 4.79 Å². The van der Waals surface area contributed by atoms with Crippen LogP contribution in [-0.2, 0) is 10.5 Å². The monoisotopic (exact) mass is 315 g/mol. The molecule has 2 rings (SSSR count). The van der Waals surface area contributed by atoms with Crippen LogP contribution in [0.1, 0.15) is 30.2 Å². The summed E-state index contributed by atoms with van der Waals surface area (Å²) in [5.74, 6) is 1.69. The topological polar surface area (TPSA) is 78.9 Å². The number of nitrogens with zero attached hydrogens (tertiary/aromatic N) is 2. The normalized spacial score (nSPS) is 11.7. The van der Waals surface area contributed by atoms with Gasteiger partial charge in [0.1, 0.15) is 5.76 Å². The number of aromatic nitrogens is 1. The van der Waals surface area contributed by atoms with Crippen molar-refractivity contribution in [2.45, 2.75) is 31.3 Å². The van der Waals surface area contributed by atoms with E-state index >= 15 is 0 Å². The molecule has 1 aromatic heterocycles. The van der Waals surface area contributed by atoms with Crippen molar-refractivity contribution < 1.29 is 9.32 Å². The molecule has 0 bridgehead atoms. The molecule has 0 spiro atoms. The SMILES string of the molecule is CC[C@H](SCc1cccc(C#N)c1)C(=O)Nc1cc(C)on1. The van der Waals surface area contributed by atoms with Gasteiger partial charge in [-0.15, -0.1) is 11.8 Å². The number of aryl methyl sites for hydroxylation is 1. The van der Waals surface area contributed by atoms with Crippen molar-refractivity contribution in [3.8, 4) is 6.07 Å². The number of benzene rings is 1. The molecule has 1 amide bonds. The molecule has 22 heavy (non-hydrogen) atoms. The lowest BCUT2D eigenvalue weighted by atomic mass is 10.2. The minimum absolute atomic E-state index is 0.0859. The zero-order valence-electron chi connectivity index (χ0n) is 12.5. The van der Waals surface area contributed by atoms with Crippen molar-refractivity contribution in [3.63, 3.8) is 0 Å². The Kier molecular flexibility index (Phi) is 5.61. The maximum atomic E-state index is 12.2. The number of nitriles is 1. The molecule has 1 atom stereocenters. The molecule has 0 aliphatic rings. The molecular weight excluding hydrogens is 298 g/mol. The fourth-order valence-electron chi connectivity index (χ4n) is 1.94. The summed E-state index contributed by atoms with van der Waals surface area (Å²) >= 11 is 1.55. The zero-order chi connectivity index (χ0) is 15.9. The molecule has 0 aliphatic carbocycles. The fourth-order valence-corrected chi connectivity index (χ4v) is 2.96. The number of hydrogen-bond donors (Lipinski definition) is 1. The molecule has 114 valence electrons. The van der Waals surface area contributed by atoms with Gasteiger partial charge in [0.15, 0.2) is 5.82 Å². The van der Waals surface area contributed by atoms with Gasteiger partial charge in [0.25, 0.3) is 0 Å². The van der Waals surface area contributed by atoms with E-state index in [1.807, 2.05) is 25.1 Å². The first-order valence-corrected chi connectivity index (χ1v) is 8.02. The highest BCUT2D eigenvalue weighted by Gasteiger charge is 2.18. The lowest BCUT2D eigenvalue weighted by Crippen LogP contribution is -2.24. The smallest absolute Gasteiger partial charge is 0.238 e. The van der Waals surface area contributed by atoms with Crippen molar-refractivity contribution >= 4 is 23.5 Å². The summed E-state index contributed by atoms with van der Waals surface area (Å²) in [4.78, 5) is 12.2. The second-order valence-corrected chi connectivity index (χ2v) is 6.02. The number of rotatable bonds is 6. The zero-order valence-corrected chi connectivity index (χ0v) is 13.3. The fraction of sp³-hybridized carbons (Fsp3) is 0.312. The summed E-state index contributed by atoms with van der Waals surface area (Å²) < 4.78 is 4.93. The predicted molar refractivity (Wildman–Crippen MR) is 86.4 cm³/mol. The first-order valence-electron chi connectivity index (χ1n) is 6.97. The maximum absolute atomic E-state index is 12.2. The number of amides is 1. The number of nitrogens with one attached hydrogen (secondary N) is 1. The molecule has 5 nitrogen and oxygen atoms in total. The molecular formula is C16H17N3O2S. The van der Waals surface area contributed by atoms with Gasteiger partial charge in [-0.25, -0.2) is 0 Å². The molecule has 0 aliphatic heterocycles. The third-order valence-corrected chi connectivity index (χ3v) is 4.50. The lowest BCUT2D eigenvalue weighted by molar-refractivity contribution is -0.115. The van der Waals surface area contributed by atoms with E-state index in [0.29, 0.717) is 29.3 Å². The Bertz CT molecular complexity index is 691. The van der Waals surface area contributed by atoms with Crippen LogP contribution in [0, 0.1) is 18.3 Å². The Hall–Kier alpha value is -2.26. The van der Waals surface area contributed by atoms with Gasteiger partial charge in [-0.3, -0.25) is 4.79 Å². The van der Waals surface area contributed by atoms with Crippen LogP contribution in [0.5, 0.6) is 0 Å². The number of carbonyl (C=O) groups is 1. The maximum Gasteiger partial charge on any atom is 0.238 e. The standard InChI is InChI=1S/C16H17N3O2S/c1-3-14(16(20)18-15-7-11(2)21-19-15)22-10-13-6-4-5-12(8-13)9-17/h4-8,14H,3,10H2,1-2H3,(H,18,19,20)/t14-/m0/s1. The van der Waals surface area contributed by atoms with Crippen molar-refractivity contribution in [2.24, 2.45) is 0 Å². The summed E-state index contributed by atoms with van der Waals surface area (Å²) in [6, 6.07) is 11.2. The van der Waals surface area contributed by atoms with Crippen molar-refractivity contribution in [3.05, 3.63) is 47.2 Å². The molecule has 6 heteroatoms. The summed E-state index contributed by atoms with van der Waals surface area (Å²) in [7, 11) is 0. The van der Waals surface area contributed by atoms with E-state index in [4.69, 9.17) is 9.78 Å². The van der Waals surface area contributed by atoms with Crippen molar-refractivity contribution in [1.82, 2.24) is 5.16 Å². The van der Waals surface area contributed by atoms with Gasteiger partial charge in [0, 0.05) is 11.8 Å². The van der Waals surface area contributed by atoms with Crippen LogP contribution in [0.15, 0.2) is 34.9 Å². The minimum atomic E-state index is -0.178. The van der Waals surface area contributed by atoms with Gasteiger partial charge in [-0.05, 0) is 31.0 Å². The van der Waals surface area contributed by atoms with Crippen LogP contribution >= 0.6 is 11.8 Å². The second-order valence-electron chi connectivity index (χ2n) is 4.83. The van der Waals surface area contributed by atoms with Gasteiger partial charge < -0.3 is 9.84 Å². The predicted octanol–water partition coefficient (Wildman–Crippen LogP) is 3.51. The van der Waals surface area contributed by atoms with E-state index in [-0.39, 0.29) is 11.2 Å². The highest BCUT2D eigenvalue weighted by Crippen LogP contribution is 2.22. The van der Waals surface area contributed by atoms with Gasteiger partial charge in [-0.2, -0.15) is 5.26 Å². The minimum Gasteiger partial charge on any atom is -0.360 e. The first kappa shape index (κ1) is 16.1. The van der Waals surface area contributed by atoms with Gasteiger partial charge in [0.05, 0.1) is 16.9 Å². The van der Waals surface area contributed by atoms with Crippen LogP contribution in [0.3, 0.4) is 0 Å². The third-order valence-electron chi connectivity index (χ3n) is 3.05. The second kappa shape index (κ2) is 7.66. The molecule has 2 aromatic rings. The van der Waals surface area contributed by atoms with Gasteiger partial charge in [-0.1, -0.05) is 24.2 Å². The lowest BCUT2D eigenvalue weighted by Gasteiger charge is -2.13. The van der Waals surface area contributed by atoms with E-state index < -0.39 is 0 Å². The Balaban J connectivity index is 1.93. The molecule has 0 unspecified atom stereocenters. The average Bonchev–Trinajstić information content (AvgIpc) is 2.93. The highest BCUT2D eigenvalue weighted by atomic mass is 32.2. The Morgan fingerprint density at radius 1 is 1.50 bits per heavy atom. The molecule has 0 saturated heterocycles. The highest BCUT2D eigenvalue weighted by molar-refractivity contribution is 7.99. The van der Waals surface area contributed by atoms with Gasteiger partial charge >= 0.3 is 0 Å². The quantitative estimate of drug-likeness (QED) is 0.882. The summed E-state index contributed by atoms with van der Waals surface area (Å²) in [6.07, 6.45) is 0.714. The first-order chi connectivity index (χ1) is 10.6. The van der Waals surface area contributed by atoms with E-state index in [0.717, 1.165) is 5.56 Å². The Morgan fingerprint density at radius 3 is 2.95 bits per heavy atom. The molecule has 0 radical (unpaired) electrons. The third kappa shape index (κ3) is 4.37. The summed E-state index contributed by atoms with van der Waals surface area (Å²) in [5.41, 5.74) is 1.67. The Labute approximate surface area is 133 Å². The van der Waals surface area contributed by atoms with E-state index in [1.165, 1.54) is 0 Å². The van der Waals surface area contributed by atoms with E-state index in [2.05, 4.69) is 16.5 Å². The molecule has 1 aromatic carbocycles. The van der Waals surface area contributed by atoms with Crippen LogP contribution < -0.4 is 5.32 Å². The van der Waals surface area contributed by atoms with Gasteiger partial charge in [0.2, 0.25) is 5.91 Å². The number of carbonyl (C=O) groups excluding carboxylic acids is 1. The van der Waals surface area contributed by atoms with Crippen molar-refractivity contribution in [2.75, 3.05) is 5.32 Å². The number of anilines is 1. The summed E-state index contributed by atoms with van der Waals surface area (Å²) in [6.45, 7) is 3.74. The summed E-state index contributed by atoms with van der Waals surface area (Å²) in [5, 5.41) is 15.2. The van der Waals surface area contributed by atoms with E-state index in [1.54, 1.807) is 30.8 Å². The Morgan fingerprint density at radius 2 is 2.32 bits per heavy atom. The van der Waals surface area contributed by atoms with Crippen LogP contribution in [0.25, 0.3) is 0 Å². The number of thioether (sulfide) groups is 1. The average molecular weight is 315 g/mol. The number of hydrogen-bond acceptors (Lipinski definition) is 5. The molecule has 1 heterocycles. The molecule has 0 fully saturated rings.